The van der Waals surface area contributed by atoms with E-state index >= 15 is 0 Å². The van der Waals surface area contributed by atoms with Crippen molar-refractivity contribution < 1.29 is 25.1 Å². The van der Waals surface area contributed by atoms with Gasteiger partial charge in [-0.3, -0.25) is 9.48 Å². The fourth-order valence-corrected chi connectivity index (χ4v) is 3.11. The van der Waals surface area contributed by atoms with Crippen LogP contribution >= 0.6 is 0 Å². The van der Waals surface area contributed by atoms with E-state index in [9.17, 15) is 4.79 Å². The topological polar surface area (TPSA) is 93.8 Å². The number of aliphatic hydroxyl groups is 1. The zero-order valence-corrected chi connectivity index (χ0v) is 18.5. The van der Waals surface area contributed by atoms with Crippen LogP contribution in [0.15, 0.2) is 0 Å². The maximum Gasteiger partial charge on any atom is 0.345 e. The summed E-state index contributed by atoms with van der Waals surface area (Å²) in [6.07, 6.45) is 13.4. The van der Waals surface area contributed by atoms with Gasteiger partial charge in [0.25, 0.3) is 0 Å². The largest absolute Gasteiger partial charge is 0.870 e. The van der Waals surface area contributed by atoms with Crippen LogP contribution in [-0.4, -0.2) is 98.2 Å². The Labute approximate surface area is 171 Å². The molecule has 0 aromatic carbocycles. The van der Waals surface area contributed by atoms with E-state index in [2.05, 4.69) is 13.8 Å². The summed E-state index contributed by atoms with van der Waals surface area (Å²) >= 11 is 1.39. The Morgan fingerprint density at radius 1 is 1.24 bits per heavy atom. The molecule has 0 aromatic rings. The molecule has 0 amide bonds. The van der Waals surface area contributed by atoms with Gasteiger partial charge in [-0.25, -0.2) is 4.79 Å². The number of aliphatic hydroxyl groups excluding tert-OH is 1. The summed E-state index contributed by atoms with van der Waals surface area (Å²) in [5.41, 5.74) is 0. The smallest absolute Gasteiger partial charge is 0.345 e. The van der Waals surface area contributed by atoms with Gasteiger partial charge in [0, 0.05) is 0 Å². The normalized spacial score (nSPS) is 14.3. The summed E-state index contributed by atoms with van der Waals surface area (Å²) in [5.74, 6) is -0.822. The number of β-amino-alcohol motifs (C(OH)–C–C–N with tert-alkyl or cyclic N) is 1. The van der Waals surface area contributed by atoms with Crippen molar-refractivity contribution >= 4 is 40.2 Å². The zero-order chi connectivity index (χ0) is 18.2. The van der Waals surface area contributed by atoms with E-state index in [1.807, 2.05) is 4.90 Å². The van der Waals surface area contributed by atoms with Gasteiger partial charge in [-0.2, -0.15) is 0 Å². The maximum absolute atomic E-state index is 10.3. The first-order valence-corrected chi connectivity index (χ1v) is 10.8. The molecular weight excluding hydrogens is 331 g/mol. The van der Waals surface area contributed by atoms with Crippen molar-refractivity contribution in [3.8, 4) is 0 Å². The van der Waals surface area contributed by atoms with Gasteiger partial charge in [-0.15, -0.1) is 0 Å². The molecule has 0 saturated carbocycles. The summed E-state index contributed by atoms with van der Waals surface area (Å²) < 4.78 is 2.76. The number of hydrogen-bond donors (Lipinski definition) is 2. The minimum Gasteiger partial charge on any atom is -0.870 e. The van der Waals surface area contributed by atoms with Gasteiger partial charge in [0.05, 0.1) is 6.61 Å². The Morgan fingerprint density at radius 2 is 1.84 bits per heavy atom. The summed E-state index contributed by atoms with van der Waals surface area (Å²) in [5, 5.41) is 17.1. The van der Waals surface area contributed by atoms with Crippen LogP contribution in [-0.2, 0) is 4.79 Å². The molecule has 1 atom stereocenters. The van der Waals surface area contributed by atoms with Crippen molar-refractivity contribution in [2.24, 2.45) is 0 Å². The third kappa shape index (κ3) is 18.4. The number of carboxylic acid groups (broad SMARTS) is 1. The van der Waals surface area contributed by atoms with E-state index in [4.69, 9.17) is 10.2 Å². The van der Waals surface area contributed by atoms with Crippen LogP contribution in [0.3, 0.4) is 0 Å². The van der Waals surface area contributed by atoms with Crippen LogP contribution in [0.1, 0.15) is 65.2 Å². The van der Waals surface area contributed by atoms with E-state index in [1.165, 1.54) is 79.3 Å². The number of nitrogens with zero attached hydrogens (tertiary/aromatic N) is 2. The molecule has 144 valence electrons. The second-order valence-corrected chi connectivity index (χ2v) is 9.01. The molecule has 1 aliphatic rings. The number of carboxylic acids is 1. The second-order valence-electron chi connectivity index (χ2n) is 7.04. The van der Waals surface area contributed by atoms with Crippen LogP contribution in [0.5, 0.6) is 0 Å². The van der Waals surface area contributed by atoms with Gasteiger partial charge in [0.2, 0.25) is 6.34 Å². The van der Waals surface area contributed by atoms with E-state index in [0.29, 0.717) is 6.54 Å². The molecule has 0 saturated heterocycles. The Balaban J connectivity index is 0. The fourth-order valence-electron chi connectivity index (χ4n) is 2.70. The molecule has 6 nitrogen and oxygen atoms in total. The number of unbranched alkanes of at least 4 members (excludes halogenated alkanes) is 6. The predicted molar refractivity (Wildman–Crippen MR) is 102 cm³/mol. The third-order valence-corrected chi connectivity index (χ3v) is 4.69. The molecule has 1 heterocycles. The second kappa shape index (κ2) is 18.6. The molecule has 0 fully saturated rings. The third-order valence-electron chi connectivity index (χ3n) is 4.11. The Bertz CT molecular complexity index is 352. The van der Waals surface area contributed by atoms with Crippen molar-refractivity contribution in [2.75, 3.05) is 32.8 Å². The summed E-state index contributed by atoms with van der Waals surface area (Å²) in [6, 6.07) is 0. The first-order valence-electron chi connectivity index (χ1n) is 9.65. The molecule has 0 radical (unpaired) electrons. The number of aliphatic carboxylic acids is 1. The molecule has 0 aliphatic carbocycles. The Morgan fingerprint density at radius 3 is 2.36 bits per heavy atom. The SMILES string of the molecule is CCCCCCCCC[CH](C)[Na].O=C(O)C[N+]1=CN(CCO)CC1.[OH-]. The quantitative estimate of drug-likeness (QED) is 0.313. The van der Waals surface area contributed by atoms with Crippen LogP contribution in [0.25, 0.3) is 0 Å². The maximum atomic E-state index is 10.3. The van der Waals surface area contributed by atoms with E-state index < -0.39 is 5.97 Å². The number of rotatable bonds is 12. The number of hydrogen-bond acceptors (Lipinski definition) is 4. The van der Waals surface area contributed by atoms with Gasteiger partial charge in [-0.1, -0.05) is 0 Å². The number of carbonyl (C=O) groups is 1. The van der Waals surface area contributed by atoms with Crippen molar-refractivity contribution in [3.63, 3.8) is 0 Å². The molecule has 25 heavy (non-hydrogen) atoms. The Hall–Kier alpha value is -0.140. The molecule has 0 spiro atoms. The monoisotopic (exact) mass is 368 g/mol. The van der Waals surface area contributed by atoms with Gasteiger partial charge in [-0.05, 0) is 0 Å². The van der Waals surface area contributed by atoms with E-state index in [-0.39, 0.29) is 18.6 Å². The van der Waals surface area contributed by atoms with Crippen LogP contribution in [0, 0.1) is 0 Å². The minimum atomic E-state index is -0.822. The van der Waals surface area contributed by atoms with Gasteiger partial charge in [0.1, 0.15) is 19.6 Å². The molecule has 3 N–H and O–H groups in total. The Kier molecular flexibility index (Phi) is 20.2. The van der Waals surface area contributed by atoms with E-state index in [1.54, 1.807) is 10.9 Å². The molecule has 7 heteroatoms. The molecule has 1 unspecified atom stereocenters. The van der Waals surface area contributed by atoms with Crippen molar-refractivity contribution in [3.05, 3.63) is 0 Å². The van der Waals surface area contributed by atoms with Crippen LogP contribution in [0.2, 0.25) is 3.17 Å². The van der Waals surface area contributed by atoms with Crippen molar-refractivity contribution in [1.29, 1.82) is 0 Å². The van der Waals surface area contributed by atoms with Crippen molar-refractivity contribution in [1.82, 2.24) is 4.90 Å². The zero-order valence-electron chi connectivity index (χ0n) is 16.5. The standard InChI is InChI=1S/C11H23.C7H12N2O3.Na.H2O/c1-3-5-7-9-11-10-8-6-4-2;10-4-3-8-1-2-9(6-8)5-7(11)12;;/h3H,4-11H2,1-2H3;6,10H,1-5H2;;1H2. The van der Waals surface area contributed by atoms with Gasteiger partial charge in [0.15, 0.2) is 6.54 Å². The van der Waals surface area contributed by atoms with Crippen molar-refractivity contribution in [2.45, 2.75) is 68.4 Å². The minimum absolute atomic E-state index is 0. The van der Waals surface area contributed by atoms with Gasteiger partial charge >= 0.3 is 102 Å². The first kappa shape index (κ1) is 27.1. The van der Waals surface area contributed by atoms with Crippen LogP contribution in [0.4, 0.5) is 0 Å². The molecule has 1 rings (SSSR count). The predicted octanol–water partition coefficient (Wildman–Crippen LogP) is 2.35. The first-order chi connectivity index (χ1) is 11.5. The summed E-state index contributed by atoms with van der Waals surface area (Å²) in [4.78, 5) is 12.2. The summed E-state index contributed by atoms with van der Waals surface area (Å²) in [6.45, 7) is 6.92. The summed E-state index contributed by atoms with van der Waals surface area (Å²) in [7, 11) is 0. The average Bonchev–Trinajstić information content (AvgIpc) is 2.93. The van der Waals surface area contributed by atoms with Gasteiger partial charge < -0.3 is 15.7 Å². The molecule has 0 bridgehead atoms. The van der Waals surface area contributed by atoms with E-state index in [0.717, 1.165) is 16.3 Å². The fraction of sp³-hybridized carbons (Fsp3) is 0.889. The van der Waals surface area contributed by atoms with Crippen LogP contribution < -0.4 is 0 Å². The molecule has 1 aliphatic heterocycles. The average molecular weight is 368 g/mol. The molecular formula is C18H37N2NaO4. The molecule has 0 aromatic heterocycles.